The molecular weight excluding hydrogens is 765 g/mol. The highest BCUT2D eigenvalue weighted by Gasteiger charge is 2.43. The highest BCUT2D eigenvalue weighted by Crippen LogP contribution is 2.58. The van der Waals surface area contributed by atoms with E-state index in [1.807, 2.05) is 0 Å². The van der Waals surface area contributed by atoms with Crippen molar-refractivity contribution in [2.24, 2.45) is 5.41 Å². The summed E-state index contributed by atoms with van der Waals surface area (Å²) in [5.74, 6) is 0.273. The van der Waals surface area contributed by atoms with E-state index in [9.17, 15) is 0 Å². The predicted molar refractivity (Wildman–Crippen MR) is 272 cm³/mol. The number of benzene rings is 7. The van der Waals surface area contributed by atoms with Gasteiger partial charge in [-0.1, -0.05) is 189 Å². The lowest BCUT2D eigenvalue weighted by Gasteiger charge is -2.34. The number of rotatable bonds is 5. The third-order valence-corrected chi connectivity index (χ3v) is 16.3. The largest absolute Gasteiger partial charge is 0.333 e. The molecule has 0 N–H and O–H groups in total. The van der Waals surface area contributed by atoms with Gasteiger partial charge in [0.1, 0.15) is 0 Å². The molecule has 0 fully saturated rings. The molecule has 2 nitrogen and oxygen atoms in total. The lowest BCUT2D eigenvalue weighted by Crippen LogP contribution is -2.38. The van der Waals surface area contributed by atoms with Crippen molar-refractivity contribution >= 4 is 63.2 Å². The molecule has 1 heterocycles. The van der Waals surface area contributed by atoms with Crippen LogP contribution in [0.2, 0.25) is 19.6 Å². The van der Waals surface area contributed by atoms with Gasteiger partial charge < -0.3 is 9.80 Å². The molecule has 2 atom stereocenters. The van der Waals surface area contributed by atoms with Crippen molar-refractivity contribution in [1.29, 1.82) is 0 Å². The molecule has 0 saturated carbocycles. The van der Waals surface area contributed by atoms with Gasteiger partial charge in [-0.25, -0.2) is 0 Å². The van der Waals surface area contributed by atoms with Crippen LogP contribution in [-0.2, 0) is 10.8 Å². The first-order valence-corrected chi connectivity index (χ1v) is 26.3. The van der Waals surface area contributed by atoms with Gasteiger partial charge in [-0.05, 0) is 110 Å². The fraction of sp³-hybridized carbons (Fsp3) is 0.288. The average molecular weight is 827 g/mol. The minimum atomic E-state index is -1.61. The third kappa shape index (κ3) is 6.33. The molecule has 3 heteroatoms. The molecule has 2 unspecified atom stereocenters. The fourth-order valence-corrected chi connectivity index (χ4v) is 12.4. The van der Waals surface area contributed by atoms with Crippen LogP contribution in [0.1, 0.15) is 89.1 Å². The molecule has 3 aliphatic rings. The van der Waals surface area contributed by atoms with Crippen LogP contribution in [0.25, 0.3) is 32.7 Å². The second-order valence-electron chi connectivity index (χ2n) is 22.0. The number of hydrogen-bond acceptors (Lipinski definition) is 2. The first-order valence-electron chi connectivity index (χ1n) is 22.8. The molecule has 0 radical (unpaired) electrons. The summed E-state index contributed by atoms with van der Waals surface area (Å²) in [6.07, 6.45) is 7.48. The maximum atomic E-state index is 2.68. The Labute approximate surface area is 371 Å². The molecule has 7 aromatic carbocycles. The zero-order valence-electron chi connectivity index (χ0n) is 38.9. The van der Waals surface area contributed by atoms with Gasteiger partial charge in [-0.2, -0.15) is 0 Å². The van der Waals surface area contributed by atoms with Crippen molar-refractivity contribution in [1.82, 2.24) is 0 Å². The van der Waals surface area contributed by atoms with E-state index in [-0.39, 0.29) is 28.2 Å². The van der Waals surface area contributed by atoms with Crippen LogP contribution in [0.15, 0.2) is 151 Å². The van der Waals surface area contributed by atoms with Gasteiger partial charge in [-0.3, -0.25) is 0 Å². The number of fused-ring (bicyclic) bond motifs is 9. The van der Waals surface area contributed by atoms with E-state index in [2.05, 4.69) is 237 Å². The highest BCUT2D eigenvalue weighted by molar-refractivity contribution is 6.90. The molecule has 0 spiro atoms. The van der Waals surface area contributed by atoms with E-state index in [1.165, 1.54) is 99.7 Å². The lowest BCUT2D eigenvalue weighted by molar-refractivity contribution is 0.507. The highest BCUT2D eigenvalue weighted by atomic mass is 28.3. The lowest BCUT2D eigenvalue weighted by atomic mass is 9.77. The van der Waals surface area contributed by atoms with Crippen LogP contribution >= 0.6 is 0 Å². The zero-order valence-corrected chi connectivity index (χ0v) is 39.9. The molecule has 0 aromatic heterocycles. The SMILES string of the molecule is Cc1ccc(N(c2ccc3c(c2)C(C)(C)c2cc(N4c5ccc(C(C)(C)C)cc5C5C=C(C(C)(C)C)C=CC54)c4ccccc4c2-3)c2ccc([Si](C)(C)C)c3ccccc23)cc1. The molecule has 0 amide bonds. The van der Waals surface area contributed by atoms with Gasteiger partial charge in [0, 0.05) is 44.9 Å². The fourth-order valence-electron chi connectivity index (χ4n) is 10.8. The zero-order chi connectivity index (χ0) is 43.7. The van der Waals surface area contributed by atoms with Crippen LogP contribution < -0.4 is 15.0 Å². The Balaban J connectivity index is 1.16. The number of aryl methyl sites for hydroxylation is 1. The summed E-state index contributed by atoms with van der Waals surface area (Å²) >= 11 is 0. The van der Waals surface area contributed by atoms with Crippen molar-refractivity contribution in [2.45, 2.75) is 105 Å². The molecule has 1 aliphatic heterocycles. The monoisotopic (exact) mass is 826 g/mol. The number of hydrogen-bond donors (Lipinski definition) is 0. The maximum absolute atomic E-state index is 2.68. The first-order chi connectivity index (χ1) is 29.3. The van der Waals surface area contributed by atoms with Crippen molar-refractivity contribution in [3.63, 3.8) is 0 Å². The van der Waals surface area contributed by atoms with E-state index >= 15 is 0 Å². The smallest absolute Gasteiger partial charge is 0.0784 e. The summed E-state index contributed by atoms with van der Waals surface area (Å²) in [6, 6.07) is 49.5. The Kier molecular flexibility index (Phi) is 9.08. The first kappa shape index (κ1) is 40.4. The van der Waals surface area contributed by atoms with Crippen LogP contribution in [0.5, 0.6) is 0 Å². The Hall–Kier alpha value is -5.64. The molecule has 312 valence electrons. The topological polar surface area (TPSA) is 6.48 Å². The minimum Gasteiger partial charge on any atom is -0.333 e. The summed E-state index contributed by atoms with van der Waals surface area (Å²) in [5, 5.41) is 6.80. The van der Waals surface area contributed by atoms with E-state index < -0.39 is 8.07 Å². The van der Waals surface area contributed by atoms with Crippen molar-refractivity contribution < 1.29 is 0 Å². The Morgan fingerprint density at radius 1 is 0.613 bits per heavy atom. The Morgan fingerprint density at radius 3 is 1.95 bits per heavy atom. The second-order valence-corrected chi connectivity index (χ2v) is 27.0. The van der Waals surface area contributed by atoms with Gasteiger partial charge in [-0.15, -0.1) is 0 Å². The van der Waals surface area contributed by atoms with Crippen LogP contribution in [0.4, 0.5) is 28.4 Å². The summed E-state index contributed by atoms with van der Waals surface area (Å²) in [4.78, 5) is 5.18. The van der Waals surface area contributed by atoms with Gasteiger partial charge in [0.2, 0.25) is 0 Å². The summed E-state index contributed by atoms with van der Waals surface area (Å²) in [5.41, 5.74) is 17.1. The van der Waals surface area contributed by atoms with Crippen molar-refractivity contribution in [3.8, 4) is 11.1 Å². The molecule has 0 saturated heterocycles. The maximum Gasteiger partial charge on any atom is 0.0784 e. The molecule has 0 bridgehead atoms. The minimum absolute atomic E-state index is 0.0630. The van der Waals surface area contributed by atoms with E-state index in [4.69, 9.17) is 0 Å². The average Bonchev–Trinajstić information content (AvgIpc) is 3.67. The third-order valence-electron chi connectivity index (χ3n) is 14.3. The van der Waals surface area contributed by atoms with E-state index in [0.717, 1.165) is 0 Å². The number of allylic oxidation sites excluding steroid dienone is 2. The summed E-state index contributed by atoms with van der Waals surface area (Å²) in [6.45, 7) is 28.5. The Bertz CT molecular complexity index is 3010. The molecule has 2 aliphatic carbocycles. The van der Waals surface area contributed by atoms with Crippen molar-refractivity contribution in [2.75, 3.05) is 9.80 Å². The number of nitrogens with zero attached hydrogens (tertiary/aromatic N) is 2. The molecular formula is C59H62N2Si. The summed E-state index contributed by atoms with van der Waals surface area (Å²) in [7, 11) is -1.61. The van der Waals surface area contributed by atoms with Crippen LogP contribution in [-0.4, -0.2) is 14.1 Å². The molecule has 10 rings (SSSR count). The van der Waals surface area contributed by atoms with E-state index in [1.54, 1.807) is 0 Å². The second kappa shape index (κ2) is 13.9. The predicted octanol–water partition coefficient (Wildman–Crippen LogP) is 16.1. The van der Waals surface area contributed by atoms with Gasteiger partial charge >= 0.3 is 0 Å². The molecule has 62 heavy (non-hydrogen) atoms. The van der Waals surface area contributed by atoms with E-state index in [0.29, 0.717) is 0 Å². The number of anilines is 5. The Morgan fingerprint density at radius 2 is 1.27 bits per heavy atom. The van der Waals surface area contributed by atoms with Gasteiger partial charge in [0.25, 0.3) is 0 Å². The summed E-state index contributed by atoms with van der Waals surface area (Å²) < 4.78 is 0. The normalized spacial score (nSPS) is 17.8. The van der Waals surface area contributed by atoms with Crippen molar-refractivity contribution in [3.05, 3.63) is 179 Å². The van der Waals surface area contributed by atoms with Crippen LogP contribution in [0.3, 0.4) is 0 Å². The van der Waals surface area contributed by atoms with Gasteiger partial charge in [0.15, 0.2) is 0 Å². The molecule has 7 aromatic rings. The van der Waals surface area contributed by atoms with Gasteiger partial charge in [0.05, 0.1) is 19.8 Å². The quantitative estimate of drug-likeness (QED) is 0.160. The standard InChI is InChI=1S/C59H62N2Si/c1-37-21-25-40(26-22-37)60(51-31-32-55(62(10,11)12)44-19-15-13-17-42(44)51)41-27-28-46-49(35-41)59(8,9)50-36-54(43-18-14-16-20-45(43)56(46)50)61-52-29-23-38(57(2,3)4)33-47(52)48-34-39(58(5,6)7)24-30-53(48)61/h13-36,47,52H,1-12H3. The van der Waals surface area contributed by atoms with Crippen LogP contribution in [0, 0.1) is 12.3 Å².